The number of rotatable bonds is 5. The molecule has 2 aromatic rings. The van der Waals surface area contributed by atoms with E-state index in [1.807, 2.05) is 11.5 Å². The number of hydrogen-bond acceptors (Lipinski definition) is 4. The molecule has 0 saturated heterocycles. The van der Waals surface area contributed by atoms with E-state index in [1.54, 1.807) is 37.8 Å². The molecule has 0 fully saturated rings. The predicted molar refractivity (Wildman–Crippen MR) is 77.6 cm³/mol. The highest BCUT2D eigenvalue weighted by Gasteiger charge is 2.18. The molecule has 1 unspecified atom stereocenters. The van der Waals surface area contributed by atoms with Gasteiger partial charge in [0.05, 0.1) is 11.2 Å². The highest BCUT2D eigenvalue weighted by molar-refractivity contribution is 7.89. The van der Waals surface area contributed by atoms with E-state index in [0.29, 0.717) is 12.2 Å². The minimum Gasteiger partial charge on any atom is -0.398 e. The first-order valence-corrected chi connectivity index (χ1v) is 7.71. The fraction of sp³-hybridized carbons (Fsp3) is 0.308. The van der Waals surface area contributed by atoms with Gasteiger partial charge in [-0.2, -0.15) is 0 Å². The lowest BCUT2D eigenvalue weighted by molar-refractivity contribution is 0.520. The molecule has 6 nitrogen and oxygen atoms in total. The molecule has 1 heterocycles. The number of nitrogen functional groups attached to an aromatic ring is 1. The highest BCUT2D eigenvalue weighted by Crippen LogP contribution is 2.17. The van der Waals surface area contributed by atoms with Gasteiger partial charge in [-0.1, -0.05) is 6.07 Å². The molecule has 0 amide bonds. The van der Waals surface area contributed by atoms with Gasteiger partial charge in [0.1, 0.15) is 0 Å². The summed E-state index contributed by atoms with van der Waals surface area (Å²) in [4.78, 5) is 4.10. The Kier molecular flexibility index (Phi) is 4.10. The first-order chi connectivity index (χ1) is 9.38. The van der Waals surface area contributed by atoms with Crippen molar-refractivity contribution in [3.63, 3.8) is 0 Å². The standard InChI is InChI=1S/C13H18N4O2S/c1-10-3-4-12(7-13(10)14)20(18,19)16-11(2)8-17-6-5-15-9-17/h3-7,9,11,16H,8,14H2,1-2H3. The second kappa shape index (κ2) is 5.64. The molecule has 0 aliphatic heterocycles. The third-order valence-corrected chi connectivity index (χ3v) is 4.55. The molecule has 1 aromatic heterocycles. The molecule has 0 spiro atoms. The lowest BCUT2D eigenvalue weighted by Gasteiger charge is -2.15. The Bertz CT molecular complexity index is 680. The number of aryl methyl sites for hydroxylation is 1. The van der Waals surface area contributed by atoms with E-state index in [-0.39, 0.29) is 10.9 Å². The van der Waals surface area contributed by atoms with Gasteiger partial charge in [0.15, 0.2) is 0 Å². The summed E-state index contributed by atoms with van der Waals surface area (Å²) in [5, 5.41) is 0. The lowest BCUT2D eigenvalue weighted by atomic mass is 10.2. The Morgan fingerprint density at radius 1 is 1.45 bits per heavy atom. The minimum absolute atomic E-state index is 0.179. The van der Waals surface area contributed by atoms with Crippen LogP contribution in [0.5, 0.6) is 0 Å². The van der Waals surface area contributed by atoms with Gasteiger partial charge in [-0.3, -0.25) is 0 Å². The quantitative estimate of drug-likeness (QED) is 0.809. The van der Waals surface area contributed by atoms with Crippen molar-refractivity contribution >= 4 is 15.7 Å². The van der Waals surface area contributed by atoms with Gasteiger partial charge in [0, 0.05) is 30.7 Å². The van der Waals surface area contributed by atoms with Crippen LogP contribution in [0, 0.1) is 6.92 Å². The van der Waals surface area contributed by atoms with Crippen molar-refractivity contribution in [1.29, 1.82) is 0 Å². The van der Waals surface area contributed by atoms with E-state index in [1.165, 1.54) is 6.07 Å². The number of anilines is 1. The third-order valence-electron chi connectivity index (χ3n) is 2.96. The second-order valence-electron chi connectivity index (χ2n) is 4.80. The summed E-state index contributed by atoms with van der Waals surface area (Å²) in [6.45, 7) is 4.15. The smallest absolute Gasteiger partial charge is 0.240 e. The zero-order chi connectivity index (χ0) is 14.8. The first-order valence-electron chi connectivity index (χ1n) is 6.22. The van der Waals surface area contributed by atoms with Crippen LogP contribution in [0.3, 0.4) is 0 Å². The van der Waals surface area contributed by atoms with Gasteiger partial charge < -0.3 is 10.3 Å². The maximum absolute atomic E-state index is 12.2. The van der Waals surface area contributed by atoms with E-state index in [0.717, 1.165) is 5.56 Å². The Labute approximate surface area is 118 Å². The molecule has 7 heteroatoms. The molecule has 0 saturated carbocycles. The molecule has 2 rings (SSSR count). The van der Waals surface area contributed by atoms with Gasteiger partial charge in [-0.25, -0.2) is 18.1 Å². The van der Waals surface area contributed by atoms with Crippen molar-refractivity contribution in [3.05, 3.63) is 42.5 Å². The van der Waals surface area contributed by atoms with Crippen molar-refractivity contribution in [2.24, 2.45) is 0 Å². The summed E-state index contributed by atoms with van der Waals surface area (Å²) in [5.41, 5.74) is 7.08. The zero-order valence-electron chi connectivity index (χ0n) is 11.4. The molecule has 3 N–H and O–H groups in total. The number of aromatic nitrogens is 2. The van der Waals surface area contributed by atoms with Crippen LogP contribution < -0.4 is 10.5 Å². The molecular formula is C13H18N4O2S. The van der Waals surface area contributed by atoms with Crippen molar-refractivity contribution < 1.29 is 8.42 Å². The van der Waals surface area contributed by atoms with E-state index in [2.05, 4.69) is 9.71 Å². The number of benzene rings is 1. The van der Waals surface area contributed by atoms with Crippen LogP contribution in [0.15, 0.2) is 41.8 Å². The van der Waals surface area contributed by atoms with Crippen LogP contribution >= 0.6 is 0 Å². The van der Waals surface area contributed by atoms with Crippen LogP contribution in [0.2, 0.25) is 0 Å². The average molecular weight is 294 g/mol. The Hall–Kier alpha value is -1.86. The van der Waals surface area contributed by atoms with Gasteiger partial charge in [-0.05, 0) is 31.5 Å². The van der Waals surface area contributed by atoms with E-state index >= 15 is 0 Å². The monoisotopic (exact) mass is 294 g/mol. The Morgan fingerprint density at radius 2 is 2.20 bits per heavy atom. The number of nitrogens with zero attached hydrogens (tertiary/aromatic N) is 2. The van der Waals surface area contributed by atoms with Gasteiger partial charge in [-0.15, -0.1) is 0 Å². The van der Waals surface area contributed by atoms with Gasteiger partial charge in [0.2, 0.25) is 10.0 Å². The topological polar surface area (TPSA) is 90.0 Å². The van der Waals surface area contributed by atoms with Crippen LogP contribution in [-0.4, -0.2) is 24.0 Å². The summed E-state index contributed by atoms with van der Waals surface area (Å²) in [5.74, 6) is 0. The molecule has 0 radical (unpaired) electrons. The highest BCUT2D eigenvalue weighted by atomic mass is 32.2. The maximum Gasteiger partial charge on any atom is 0.240 e. The van der Waals surface area contributed by atoms with Crippen molar-refractivity contribution in [2.75, 3.05) is 5.73 Å². The number of hydrogen-bond donors (Lipinski definition) is 2. The molecule has 1 aromatic carbocycles. The first kappa shape index (κ1) is 14.5. The van der Waals surface area contributed by atoms with Gasteiger partial charge in [0.25, 0.3) is 0 Å². The fourth-order valence-electron chi connectivity index (χ4n) is 1.87. The predicted octanol–water partition coefficient (Wildman–Crippen LogP) is 1.14. The fourth-order valence-corrected chi connectivity index (χ4v) is 3.14. The summed E-state index contributed by atoms with van der Waals surface area (Å²) in [7, 11) is -3.57. The molecule has 0 aliphatic rings. The van der Waals surface area contributed by atoms with Gasteiger partial charge >= 0.3 is 0 Å². The largest absolute Gasteiger partial charge is 0.398 e. The van der Waals surface area contributed by atoms with E-state index in [4.69, 9.17) is 5.73 Å². The molecule has 1 atom stereocenters. The summed E-state index contributed by atoms with van der Waals surface area (Å²) in [6, 6.07) is 4.47. The average Bonchev–Trinajstić information content (AvgIpc) is 2.84. The van der Waals surface area contributed by atoms with Crippen molar-refractivity contribution in [3.8, 4) is 0 Å². The Balaban J connectivity index is 2.12. The minimum atomic E-state index is -3.57. The number of nitrogens with two attached hydrogens (primary N) is 1. The number of imidazole rings is 1. The molecule has 108 valence electrons. The van der Waals surface area contributed by atoms with E-state index < -0.39 is 10.0 Å². The van der Waals surface area contributed by atoms with Crippen molar-refractivity contribution in [2.45, 2.75) is 31.3 Å². The SMILES string of the molecule is Cc1ccc(S(=O)(=O)NC(C)Cn2ccnc2)cc1N. The van der Waals surface area contributed by atoms with E-state index in [9.17, 15) is 8.42 Å². The molecule has 20 heavy (non-hydrogen) atoms. The number of nitrogens with one attached hydrogen (secondary N) is 1. The van der Waals surface area contributed by atoms with Crippen LogP contribution in [0.4, 0.5) is 5.69 Å². The summed E-state index contributed by atoms with van der Waals surface area (Å²) >= 11 is 0. The number of sulfonamides is 1. The second-order valence-corrected chi connectivity index (χ2v) is 6.51. The molecular weight excluding hydrogens is 276 g/mol. The third kappa shape index (κ3) is 3.37. The normalized spacial score (nSPS) is 13.3. The van der Waals surface area contributed by atoms with Crippen LogP contribution in [0.25, 0.3) is 0 Å². The maximum atomic E-state index is 12.2. The van der Waals surface area contributed by atoms with Crippen LogP contribution in [-0.2, 0) is 16.6 Å². The summed E-state index contributed by atoms with van der Waals surface area (Å²) in [6.07, 6.45) is 5.09. The summed E-state index contributed by atoms with van der Waals surface area (Å²) < 4.78 is 28.9. The molecule has 0 bridgehead atoms. The zero-order valence-corrected chi connectivity index (χ0v) is 12.3. The Morgan fingerprint density at radius 3 is 2.80 bits per heavy atom. The van der Waals surface area contributed by atoms with Crippen molar-refractivity contribution in [1.82, 2.24) is 14.3 Å². The van der Waals surface area contributed by atoms with Crippen LogP contribution in [0.1, 0.15) is 12.5 Å². The molecule has 0 aliphatic carbocycles. The lowest BCUT2D eigenvalue weighted by Crippen LogP contribution is -2.35.